The Morgan fingerprint density at radius 3 is 2.70 bits per heavy atom. The van der Waals surface area contributed by atoms with Gasteiger partial charge in [0.2, 0.25) is 0 Å². The Labute approximate surface area is 160 Å². The molecular formula is C22H27N3O2. The Morgan fingerprint density at radius 1 is 1.30 bits per heavy atom. The van der Waals surface area contributed by atoms with Crippen LogP contribution in [0.1, 0.15) is 25.5 Å². The summed E-state index contributed by atoms with van der Waals surface area (Å²) in [6.45, 7) is 8.78. The first kappa shape index (κ1) is 19.1. The Kier molecular flexibility index (Phi) is 6.24. The lowest BCUT2D eigenvalue weighted by atomic mass is 9.99. The van der Waals surface area contributed by atoms with Crippen molar-refractivity contribution < 1.29 is 4.74 Å². The van der Waals surface area contributed by atoms with E-state index in [1.54, 1.807) is 13.1 Å². The van der Waals surface area contributed by atoms with Crippen LogP contribution in [-0.2, 0) is 11.8 Å². The van der Waals surface area contributed by atoms with Gasteiger partial charge in [0.15, 0.2) is 0 Å². The summed E-state index contributed by atoms with van der Waals surface area (Å²) in [5.74, 6) is 1.48. The number of fused-ring (bicyclic) bond motifs is 1. The summed E-state index contributed by atoms with van der Waals surface area (Å²) in [5, 5.41) is 9.31. The van der Waals surface area contributed by atoms with Crippen LogP contribution in [0.2, 0.25) is 0 Å². The lowest BCUT2D eigenvalue weighted by Gasteiger charge is -2.22. The molecular weight excluding hydrogens is 338 g/mol. The van der Waals surface area contributed by atoms with Crippen molar-refractivity contribution in [1.29, 1.82) is 0 Å². The SMILES string of the molecule is C=C/C(=C\C=C(/C)OCC1CCNCC1)c1nn(C)c(=O)c2ccccc12. The first-order valence-electron chi connectivity index (χ1n) is 9.41. The summed E-state index contributed by atoms with van der Waals surface area (Å²) >= 11 is 0. The summed E-state index contributed by atoms with van der Waals surface area (Å²) in [6, 6.07) is 7.52. The van der Waals surface area contributed by atoms with Crippen molar-refractivity contribution in [3.8, 4) is 0 Å². The highest BCUT2D eigenvalue weighted by Crippen LogP contribution is 2.22. The van der Waals surface area contributed by atoms with Crippen LogP contribution in [-0.4, -0.2) is 29.5 Å². The highest BCUT2D eigenvalue weighted by atomic mass is 16.5. The lowest BCUT2D eigenvalue weighted by molar-refractivity contribution is 0.147. The fourth-order valence-corrected chi connectivity index (χ4v) is 3.31. The molecule has 27 heavy (non-hydrogen) atoms. The van der Waals surface area contributed by atoms with Crippen LogP contribution in [0.5, 0.6) is 0 Å². The maximum Gasteiger partial charge on any atom is 0.274 e. The molecule has 0 radical (unpaired) electrons. The monoisotopic (exact) mass is 365 g/mol. The second kappa shape index (κ2) is 8.82. The number of ether oxygens (including phenoxy) is 1. The predicted octanol–water partition coefficient (Wildman–Crippen LogP) is 3.42. The van der Waals surface area contributed by atoms with E-state index in [9.17, 15) is 4.79 Å². The summed E-state index contributed by atoms with van der Waals surface area (Å²) in [5.41, 5.74) is 1.49. The fourth-order valence-electron chi connectivity index (χ4n) is 3.31. The van der Waals surface area contributed by atoms with E-state index < -0.39 is 0 Å². The van der Waals surface area contributed by atoms with Gasteiger partial charge in [-0.1, -0.05) is 30.9 Å². The molecule has 0 bridgehead atoms. The van der Waals surface area contributed by atoms with E-state index in [1.807, 2.05) is 43.3 Å². The van der Waals surface area contributed by atoms with Crippen molar-refractivity contribution in [1.82, 2.24) is 15.1 Å². The molecule has 0 aliphatic carbocycles. The van der Waals surface area contributed by atoms with Crippen LogP contribution in [0.3, 0.4) is 0 Å². The van der Waals surface area contributed by atoms with Gasteiger partial charge in [-0.15, -0.1) is 0 Å². The number of aromatic nitrogens is 2. The number of piperidine rings is 1. The number of aryl methyl sites for hydroxylation is 1. The predicted molar refractivity (Wildman–Crippen MR) is 110 cm³/mol. The summed E-state index contributed by atoms with van der Waals surface area (Å²) in [7, 11) is 1.67. The summed E-state index contributed by atoms with van der Waals surface area (Å²) in [6.07, 6.45) is 7.98. The van der Waals surface area contributed by atoms with Gasteiger partial charge in [-0.25, -0.2) is 4.68 Å². The van der Waals surface area contributed by atoms with E-state index >= 15 is 0 Å². The van der Waals surface area contributed by atoms with Crippen molar-refractivity contribution >= 4 is 16.3 Å². The highest BCUT2D eigenvalue weighted by molar-refractivity contribution is 5.93. The highest BCUT2D eigenvalue weighted by Gasteiger charge is 2.13. The topological polar surface area (TPSA) is 56.1 Å². The standard InChI is InChI=1S/C22H27N3O2/c1-4-18(10-9-16(2)27-15-17-11-13-23-14-12-17)21-19-7-5-6-8-20(19)22(26)25(3)24-21/h4-10,17,23H,1,11-15H2,2-3H3/b16-9+,18-10+. The Balaban J connectivity index is 1.84. The van der Waals surface area contributed by atoms with Gasteiger partial charge in [-0.05, 0) is 57.0 Å². The average Bonchev–Trinajstić information content (AvgIpc) is 2.71. The van der Waals surface area contributed by atoms with Crippen LogP contribution in [0.4, 0.5) is 0 Å². The molecule has 1 fully saturated rings. The van der Waals surface area contributed by atoms with Crippen molar-refractivity contribution in [3.05, 3.63) is 70.9 Å². The molecule has 3 rings (SSSR count). The molecule has 0 atom stereocenters. The van der Waals surface area contributed by atoms with Crippen molar-refractivity contribution in [2.45, 2.75) is 19.8 Å². The summed E-state index contributed by atoms with van der Waals surface area (Å²) in [4.78, 5) is 12.3. The van der Waals surface area contributed by atoms with Gasteiger partial charge in [0.1, 0.15) is 0 Å². The number of benzene rings is 1. The molecule has 5 nitrogen and oxygen atoms in total. The van der Waals surface area contributed by atoms with Gasteiger partial charge < -0.3 is 10.1 Å². The second-order valence-corrected chi connectivity index (χ2v) is 6.93. The molecule has 5 heteroatoms. The van der Waals surface area contributed by atoms with Crippen molar-refractivity contribution in [3.63, 3.8) is 0 Å². The normalized spacial score (nSPS) is 16.5. The van der Waals surface area contributed by atoms with E-state index in [0.29, 0.717) is 11.3 Å². The maximum atomic E-state index is 12.3. The molecule has 2 aromatic rings. The molecule has 0 spiro atoms. The van der Waals surface area contributed by atoms with Gasteiger partial charge in [-0.2, -0.15) is 5.10 Å². The minimum Gasteiger partial charge on any atom is -0.498 e. The Hall–Kier alpha value is -2.66. The lowest BCUT2D eigenvalue weighted by Crippen LogP contribution is -2.29. The van der Waals surface area contributed by atoms with Crippen LogP contribution >= 0.6 is 0 Å². The zero-order valence-corrected chi connectivity index (χ0v) is 16.1. The maximum absolute atomic E-state index is 12.3. The molecule has 1 N–H and O–H groups in total. The molecule has 0 unspecified atom stereocenters. The van der Waals surface area contributed by atoms with Gasteiger partial charge in [0.25, 0.3) is 5.56 Å². The van der Waals surface area contributed by atoms with Gasteiger partial charge >= 0.3 is 0 Å². The van der Waals surface area contributed by atoms with E-state index in [-0.39, 0.29) is 5.56 Å². The van der Waals surface area contributed by atoms with E-state index in [2.05, 4.69) is 17.0 Å². The van der Waals surface area contributed by atoms with E-state index in [0.717, 1.165) is 55.0 Å². The molecule has 1 saturated heterocycles. The van der Waals surface area contributed by atoms with Gasteiger partial charge in [0.05, 0.1) is 23.4 Å². The number of nitrogens with one attached hydrogen (secondary N) is 1. The van der Waals surface area contributed by atoms with Crippen LogP contribution in [0.25, 0.3) is 16.3 Å². The summed E-state index contributed by atoms with van der Waals surface area (Å²) < 4.78 is 7.30. The molecule has 0 saturated carbocycles. The van der Waals surface area contributed by atoms with Crippen molar-refractivity contribution in [2.24, 2.45) is 13.0 Å². The molecule has 2 heterocycles. The van der Waals surface area contributed by atoms with Crippen LogP contribution in [0, 0.1) is 5.92 Å². The first-order chi connectivity index (χ1) is 13.1. The Bertz CT molecular complexity index is 934. The zero-order valence-electron chi connectivity index (χ0n) is 16.1. The minimum absolute atomic E-state index is 0.102. The first-order valence-corrected chi connectivity index (χ1v) is 9.41. The number of allylic oxidation sites excluding steroid dienone is 5. The number of rotatable bonds is 6. The van der Waals surface area contributed by atoms with E-state index in [4.69, 9.17) is 4.74 Å². The molecule has 1 aromatic heterocycles. The van der Waals surface area contributed by atoms with Gasteiger partial charge in [-0.3, -0.25) is 4.79 Å². The third kappa shape index (κ3) is 4.55. The second-order valence-electron chi connectivity index (χ2n) is 6.93. The molecule has 0 amide bonds. The van der Waals surface area contributed by atoms with Gasteiger partial charge in [0, 0.05) is 18.0 Å². The number of hydrogen-bond acceptors (Lipinski definition) is 4. The molecule has 142 valence electrons. The molecule has 1 aliphatic rings. The number of hydrogen-bond donors (Lipinski definition) is 1. The average molecular weight is 365 g/mol. The molecule has 1 aromatic carbocycles. The minimum atomic E-state index is -0.102. The Morgan fingerprint density at radius 2 is 2.00 bits per heavy atom. The van der Waals surface area contributed by atoms with E-state index in [1.165, 1.54) is 4.68 Å². The van der Waals surface area contributed by atoms with Crippen LogP contribution < -0.4 is 10.9 Å². The smallest absolute Gasteiger partial charge is 0.274 e. The molecule has 1 aliphatic heterocycles. The quantitative estimate of drug-likeness (QED) is 0.629. The van der Waals surface area contributed by atoms with Crippen molar-refractivity contribution in [2.75, 3.05) is 19.7 Å². The number of nitrogens with zero attached hydrogens (tertiary/aromatic N) is 2. The third-order valence-electron chi connectivity index (χ3n) is 4.95. The largest absolute Gasteiger partial charge is 0.498 e. The third-order valence-corrected chi connectivity index (χ3v) is 4.95. The zero-order chi connectivity index (χ0) is 19.2. The fraction of sp³-hybridized carbons (Fsp3) is 0.364. The van der Waals surface area contributed by atoms with Crippen LogP contribution in [0.15, 0.2) is 59.6 Å².